The Labute approximate surface area is 100.0 Å². The quantitative estimate of drug-likeness (QED) is 0.881. The summed E-state index contributed by atoms with van der Waals surface area (Å²) in [4.78, 5) is 4.29. The third-order valence-corrected chi connectivity index (χ3v) is 3.05. The molecule has 0 saturated heterocycles. The highest BCUT2D eigenvalue weighted by molar-refractivity contribution is 5.51. The Morgan fingerprint density at radius 2 is 2.24 bits per heavy atom. The Morgan fingerprint density at radius 3 is 2.82 bits per heavy atom. The maximum atomic E-state index is 6.03. The Bertz CT molecular complexity index is 489. The molecule has 0 bridgehead atoms. The highest BCUT2D eigenvalue weighted by Gasteiger charge is 2.21. The minimum absolute atomic E-state index is 0.225. The van der Waals surface area contributed by atoms with Gasteiger partial charge in [0.15, 0.2) is 5.76 Å². The number of aromatic nitrogens is 2. The van der Waals surface area contributed by atoms with Gasteiger partial charge in [0.25, 0.3) is 0 Å². The molecule has 2 heterocycles. The normalized spacial score (nSPS) is 14.8. The lowest BCUT2D eigenvalue weighted by Gasteiger charge is -2.12. The van der Waals surface area contributed by atoms with Gasteiger partial charge in [0.05, 0.1) is 12.3 Å². The summed E-state index contributed by atoms with van der Waals surface area (Å²) in [5, 5.41) is 3.90. The lowest BCUT2D eigenvalue weighted by atomic mass is 10.0. The van der Waals surface area contributed by atoms with Gasteiger partial charge in [0.1, 0.15) is 0 Å². The molecule has 0 saturated carbocycles. The molecule has 2 atom stereocenters. The summed E-state index contributed by atoms with van der Waals surface area (Å²) in [6.07, 6.45) is 2.58. The van der Waals surface area contributed by atoms with Gasteiger partial charge in [-0.05, 0) is 24.5 Å². The predicted octanol–water partition coefficient (Wildman–Crippen LogP) is 2.68. The first kappa shape index (κ1) is 11.9. The predicted molar refractivity (Wildman–Crippen MR) is 63.1 cm³/mol. The summed E-state index contributed by atoms with van der Waals surface area (Å²) in [6, 6.07) is 1.64. The number of hydrogen-bond acceptors (Lipinski definition) is 5. The van der Waals surface area contributed by atoms with E-state index in [-0.39, 0.29) is 6.04 Å². The molecule has 0 spiro atoms. The topological polar surface area (TPSA) is 78.1 Å². The van der Waals surface area contributed by atoms with E-state index >= 15 is 0 Å². The van der Waals surface area contributed by atoms with Crippen LogP contribution < -0.4 is 5.73 Å². The Morgan fingerprint density at radius 1 is 1.47 bits per heavy atom. The van der Waals surface area contributed by atoms with Crippen LogP contribution in [-0.4, -0.2) is 10.1 Å². The van der Waals surface area contributed by atoms with Crippen molar-refractivity contribution in [2.24, 2.45) is 11.7 Å². The number of nitrogens with zero attached hydrogens (tertiary/aromatic N) is 2. The molecule has 0 amide bonds. The van der Waals surface area contributed by atoms with E-state index < -0.39 is 0 Å². The van der Waals surface area contributed by atoms with Gasteiger partial charge in [-0.3, -0.25) is 0 Å². The largest absolute Gasteiger partial charge is 0.461 e. The van der Waals surface area contributed by atoms with Crippen molar-refractivity contribution in [3.8, 4) is 11.6 Å². The van der Waals surface area contributed by atoms with Crippen molar-refractivity contribution in [1.29, 1.82) is 0 Å². The average molecular weight is 235 g/mol. The fourth-order valence-corrected chi connectivity index (χ4v) is 1.56. The van der Waals surface area contributed by atoms with E-state index in [4.69, 9.17) is 14.7 Å². The summed E-state index contributed by atoms with van der Waals surface area (Å²) >= 11 is 0. The second-order valence-corrected chi connectivity index (χ2v) is 4.30. The molecule has 0 radical (unpaired) electrons. The first-order valence-electron chi connectivity index (χ1n) is 5.77. The Balaban J connectivity index is 2.25. The molecule has 92 valence electrons. The van der Waals surface area contributed by atoms with Crippen LogP contribution in [0.25, 0.3) is 11.6 Å². The molecule has 0 unspecified atom stereocenters. The van der Waals surface area contributed by atoms with E-state index in [1.165, 1.54) is 0 Å². The van der Waals surface area contributed by atoms with Crippen molar-refractivity contribution < 1.29 is 8.94 Å². The molecule has 5 heteroatoms. The van der Waals surface area contributed by atoms with Gasteiger partial charge < -0.3 is 14.7 Å². The van der Waals surface area contributed by atoms with E-state index in [1.807, 2.05) is 13.0 Å². The van der Waals surface area contributed by atoms with Crippen LogP contribution in [0.15, 0.2) is 21.3 Å². The van der Waals surface area contributed by atoms with Gasteiger partial charge in [-0.15, -0.1) is 0 Å². The summed E-state index contributed by atoms with van der Waals surface area (Å²) in [6.45, 7) is 6.08. The van der Waals surface area contributed by atoms with E-state index in [0.29, 0.717) is 23.4 Å². The number of nitrogens with two attached hydrogens (primary N) is 1. The van der Waals surface area contributed by atoms with Crippen molar-refractivity contribution in [1.82, 2.24) is 10.1 Å². The van der Waals surface area contributed by atoms with Crippen molar-refractivity contribution >= 4 is 0 Å². The Hall–Kier alpha value is -1.62. The monoisotopic (exact) mass is 235 g/mol. The number of furan rings is 1. The van der Waals surface area contributed by atoms with Gasteiger partial charge in [0.2, 0.25) is 11.7 Å². The summed E-state index contributed by atoms with van der Waals surface area (Å²) in [5.41, 5.74) is 7.01. The SMILES string of the molecule is CC[C@H](C)[C@H](N)c1nc(-c2occc2C)no1. The number of hydrogen-bond donors (Lipinski definition) is 1. The maximum Gasteiger partial charge on any atom is 0.244 e. The standard InChI is InChI=1S/C12H17N3O2/c1-4-7(2)9(13)12-14-11(15-17-12)10-8(3)5-6-16-10/h5-7,9H,4,13H2,1-3H3/t7-,9-/m0/s1. The van der Waals surface area contributed by atoms with E-state index in [0.717, 1.165) is 12.0 Å². The zero-order chi connectivity index (χ0) is 12.4. The zero-order valence-electron chi connectivity index (χ0n) is 10.3. The molecule has 0 aliphatic carbocycles. The molecule has 0 aromatic carbocycles. The molecule has 2 aromatic heterocycles. The molecule has 17 heavy (non-hydrogen) atoms. The van der Waals surface area contributed by atoms with Crippen LogP contribution in [0.1, 0.15) is 37.8 Å². The molecule has 0 aliphatic heterocycles. The van der Waals surface area contributed by atoms with Gasteiger partial charge in [0, 0.05) is 0 Å². The minimum atomic E-state index is -0.225. The van der Waals surface area contributed by atoms with E-state index in [1.54, 1.807) is 6.26 Å². The first-order chi connectivity index (χ1) is 8.13. The molecule has 2 N–H and O–H groups in total. The van der Waals surface area contributed by atoms with Crippen molar-refractivity contribution in [3.05, 3.63) is 23.8 Å². The minimum Gasteiger partial charge on any atom is -0.461 e. The second-order valence-electron chi connectivity index (χ2n) is 4.30. The molecule has 5 nitrogen and oxygen atoms in total. The van der Waals surface area contributed by atoms with Crippen LogP contribution in [-0.2, 0) is 0 Å². The summed E-state index contributed by atoms with van der Waals surface area (Å²) in [7, 11) is 0. The third-order valence-electron chi connectivity index (χ3n) is 3.05. The van der Waals surface area contributed by atoms with Gasteiger partial charge in [-0.25, -0.2) is 0 Å². The molecule has 2 aromatic rings. The van der Waals surface area contributed by atoms with Crippen LogP contribution in [0, 0.1) is 12.8 Å². The zero-order valence-corrected chi connectivity index (χ0v) is 10.3. The molecule has 2 rings (SSSR count). The van der Waals surface area contributed by atoms with Crippen LogP contribution >= 0.6 is 0 Å². The van der Waals surface area contributed by atoms with Crippen molar-refractivity contribution in [2.45, 2.75) is 33.2 Å². The highest BCUT2D eigenvalue weighted by atomic mass is 16.5. The lowest BCUT2D eigenvalue weighted by molar-refractivity contribution is 0.312. The first-order valence-corrected chi connectivity index (χ1v) is 5.77. The average Bonchev–Trinajstić information content (AvgIpc) is 2.95. The molecular formula is C12H17N3O2. The van der Waals surface area contributed by atoms with Crippen molar-refractivity contribution in [2.75, 3.05) is 0 Å². The van der Waals surface area contributed by atoms with Crippen molar-refractivity contribution in [3.63, 3.8) is 0 Å². The second kappa shape index (κ2) is 4.71. The van der Waals surface area contributed by atoms with Gasteiger partial charge in [-0.2, -0.15) is 4.98 Å². The fourth-order valence-electron chi connectivity index (χ4n) is 1.56. The highest BCUT2D eigenvalue weighted by Crippen LogP contribution is 2.25. The van der Waals surface area contributed by atoms with Crippen LogP contribution in [0.4, 0.5) is 0 Å². The number of rotatable bonds is 4. The van der Waals surface area contributed by atoms with Crippen LogP contribution in [0.5, 0.6) is 0 Å². The van der Waals surface area contributed by atoms with Crippen LogP contribution in [0.3, 0.4) is 0 Å². The van der Waals surface area contributed by atoms with E-state index in [2.05, 4.69) is 24.0 Å². The fraction of sp³-hybridized carbons (Fsp3) is 0.500. The lowest BCUT2D eigenvalue weighted by Crippen LogP contribution is -2.18. The molecule has 0 fully saturated rings. The molecule has 0 aliphatic rings. The van der Waals surface area contributed by atoms with Gasteiger partial charge >= 0.3 is 0 Å². The van der Waals surface area contributed by atoms with Gasteiger partial charge in [-0.1, -0.05) is 25.4 Å². The smallest absolute Gasteiger partial charge is 0.244 e. The Kier molecular flexibility index (Phi) is 3.28. The molecular weight excluding hydrogens is 218 g/mol. The van der Waals surface area contributed by atoms with E-state index in [9.17, 15) is 0 Å². The number of aryl methyl sites for hydroxylation is 1. The third kappa shape index (κ3) is 2.24. The summed E-state index contributed by atoms with van der Waals surface area (Å²) < 4.78 is 10.5. The maximum absolute atomic E-state index is 6.03. The van der Waals surface area contributed by atoms with Crippen LogP contribution in [0.2, 0.25) is 0 Å². The summed E-state index contributed by atoms with van der Waals surface area (Å²) in [5.74, 6) is 1.86.